The number of rotatable bonds is 5. The van der Waals surface area contributed by atoms with Gasteiger partial charge in [-0.2, -0.15) is 0 Å². The lowest BCUT2D eigenvalue weighted by molar-refractivity contribution is 0.131. The van der Waals surface area contributed by atoms with Crippen molar-refractivity contribution in [2.24, 2.45) is 5.73 Å². The largest absolute Gasteiger partial charge is 0.488 e. The Labute approximate surface area is 117 Å². The third kappa shape index (κ3) is 6.27. The summed E-state index contributed by atoms with van der Waals surface area (Å²) in [5.41, 5.74) is 7.16. The molecule has 0 aliphatic heterocycles. The lowest BCUT2D eigenvalue weighted by Crippen LogP contribution is -2.22. The third-order valence-corrected chi connectivity index (χ3v) is 2.60. The van der Waals surface area contributed by atoms with E-state index in [-0.39, 0.29) is 24.0 Å². The fourth-order valence-electron chi connectivity index (χ4n) is 1.73. The zero-order chi connectivity index (χ0) is 12.9. The van der Waals surface area contributed by atoms with Crippen molar-refractivity contribution in [3.8, 4) is 5.75 Å². The lowest BCUT2D eigenvalue weighted by atomic mass is 10.0. The Morgan fingerprint density at radius 1 is 1.17 bits per heavy atom. The van der Waals surface area contributed by atoms with Crippen LogP contribution in [0.5, 0.6) is 5.75 Å². The van der Waals surface area contributed by atoms with E-state index in [0.29, 0.717) is 0 Å². The van der Waals surface area contributed by atoms with Crippen LogP contribution in [0, 0.1) is 0 Å². The number of nitrogens with two attached hydrogens (primary N) is 1. The van der Waals surface area contributed by atoms with Crippen LogP contribution in [-0.2, 0) is 0 Å². The minimum Gasteiger partial charge on any atom is -0.488 e. The second-order valence-electron chi connectivity index (χ2n) is 5.53. The first kappa shape index (κ1) is 17.3. The van der Waals surface area contributed by atoms with Crippen molar-refractivity contribution in [1.82, 2.24) is 0 Å². The molecule has 0 aliphatic carbocycles. The van der Waals surface area contributed by atoms with Gasteiger partial charge in [0.05, 0.1) is 0 Å². The van der Waals surface area contributed by atoms with E-state index >= 15 is 0 Å². The van der Waals surface area contributed by atoms with Crippen LogP contribution in [0.2, 0.25) is 0 Å². The van der Waals surface area contributed by atoms with Crippen LogP contribution in [0.4, 0.5) is 0 Å². The van der Waals surface area contributed by atoms with Crippen LogP contribution in [0.1, 0.15) is 58.6 Å². The van der Waals surface area contributed by atoms with E-state index in [0.717, 1.165) is 12.2 Å². The van der Waals surface area contributed by atoms with Crippen molar-refractivity contribution in [2.75, 3.05) is 0 Å². The van der Waals surface area contributed by atoms with Crippen molar-refractivity contribution < 1.29 is 4.74 Å². The molecule has 0 saturated carbocycles. The fraction of sp³-hybridized carbons (Fsp3) is 0.600. The first-order valence-corrected chi connectivity index (χ1v) is 6.47. The molecule has 1 aromatic carbocycles. The van der Waals surface area contributed by atoms with Gasteiger partial charge in [0.1, 0.15) is 11.4 Å². The molecular formula is C15H26ClNO. The standard InChI is InChI=1S/C15H25NO.ClH/c1-5-6-7-14(16)12-8-10-13(11-9-12)17-15(2,3)4;/h8-11,14H,5-7,16H2,1-4H3;1H/t14-;/m0./s1. The number of ether oxygens (including phenoxy) is 1. The summed E-state index contributed by atoms with van der Waals surface area (Å²) in [4.78, 5) is 0. The first-order valence-electron chi connectivity index (χ1n) is 6.47. The quantitative estimate of drug-likeness (QED) is 0.857. The first-order chi connectivity index (χ1) is 7.92. The van der Waals surface area contributed by atoms with Crippen molar-refractivity contribution in [3.05, 3.63) is 29.8 Å². The molecule has 3 heteroatoms. The highest BCUT2D eigenvalue weighted by Gasteiger charge is 2.12. The summed E-state index contributed by atoms with van der Waals surface area (Å²) in [5, 5.41) is 0. The highest BCUT2D eigenvalue weighted by atomic mass is 35.5. The Bertz CT molecular complexity index is 329. The highest BCUT2D eigenvalue weighted by Crippen LogP contribution is 2.22. The monoisotopic (exact) mass is 271 g/mol. The van der Waals surface area contributed by atoms with Crippen molar-refractivity contribution in [2.45, 2.75) is 58.6 Å². The summed E-state index contributed by atoms with van der Waals surface area (Å²) in [6, 6.07) is 8.31. The molecule has 0 spiro atoms. The second kappa shape index (κ2) is 7.65. The second-order valence-corrected chi connectivity index (χ2v) is 5.53. The summed E-state index contributed by atoms with van der Waals surface area (Å²) >= 11 is 0. The Morgan fingerprint density at radius 2 is 1.72 bits per heavy atom. The molecule has 2 nitrogen and oxygen atoms in total. The average molecular weight is 272 g/mol. The van der Waals surface area contributed by atoms with Crippen molar-refractivity contribution in [1.29, 1.82) is 0 Å². The summed E-state index contributed by atoms with van der Waals surface area (Å²) in [7, 11) is 0. The number of unbranched alkanes of at least 4 members (excludes halogenated alkanes) is 1. The Hall–Kier alpha value is -0.730. The predicted molar refractivity (Wildman–Crippen MR) is 80.5 cm³/mol. The molecule has 0 aromatic heterocycles. The van der Waals surface area contributed by atoms with Gasteiger partial charge in [-0.25, -0.2) is 0 Å². The van der Waals surface area contributed by atoms with Gasteiger partial charge < -0.3 is 10.5 Å². The zero-order valence-electron chi connectivity index (χ0n) is 11.9. The highest BCUT2D eigenvalue weighted by molar-refractivity contribution is 5.85. The fourth-order valence-corrected chi connectivity index (χ4v) is 1.73. The smallest absolute Gasteiger partial charge is 0.120 e. The summed E-state index contributed by atoms with van der Waals surface area (Å²) in [6.45, 7) is 8.34. The summed E-state index contributed by atoms with van der Waals surface area (Å²) in [6.07, 6.45) is 3.43. The Balaban J connectivity index is 0.00000289. The van der Waals surface area contributed by atoms with Crippen LogP contribution in [-0.4, -0.2) is 5.60 Å². The molecule has 0 aliphatic rings. The SMILES string of the molecule is CCCC[C@H](N)c1ccc(OC(C)(C)C)cc1.Cl. The van der Waals surface area contributed by atoms with E-state index < -0.39 is 0 Å². The third-order valence-electron chi connectivity index (χ3n) is 2.60. The molecule has 2 N–H and O–H groups in total. The van der Waals surface area contributed by atoms with E-state index in [1.54, 1.807) is 0 Å². The number of hydrogen-bond donors (Lipinski definition) is 1. The van der Waals surface area contributed by atoms with Gasteiger partial charge >= 0.3 is 0 Å². The Morgan fingerprint density at radius 3 is 2.17 bits per heavy atom. The van der Waals surface area contributed by atoms with E-state index in [4.69, 9.17) is 10.5 Å². The molecule has 1 aromatic rings. The molecule has 0 unspecified atom stereocenters. The summed E-state index contributed by atoms with van der Waals surface area (Å²) in [5.74, 6) is 0.906. The molecule has 0 fully saturated rings. The molecule has 104 valence electrons. The molecule has 18 heavy (non-hydrogen) atoms. The van der Waals surface area contributed by atoms with Crippen LogP contribution < -0.4 is 10.5 Å². The van der Waals surface area contributed by atoms with Gasteiger partial charge in [0, 0.05) is 6.04 Å². The van der Waals surface area contributed by atoms with Gasteiger partial charge in [0.25, 0.3) is 0 Å². The molecule has 0 saturated heterocycles. The van der Waals surface area contributed by atoms with Gasteiger partial charge in [0.2, 0.25) is 0 Å². The minimum absolute atomic E-state index is 0. The summed E-state index contributed by atoms with van der Waals surface area (Å²) < 4.78 is 5.78. The van der Waals surface area contributed by atoms with E-state index in [9.17, 15) is 0 Å². The van der Waals surface area contributed by atoms with Crippen LogP contribution in [0.15, 0.2) is 24.3 Å². The van der Waals surface area contributed by atoms with Crippen molar-refractivity contribution >= 4 is 12.4 Å². The molecule has 1 atom stereocenters. The topological polar surface area (TPSA) is 35.2 Å². The average Bonchev–Trinajstić information content (AvgIpc) is 2.24. The molecule has 0 bridgehead atoms. The maximum atomic E-state index is 6.12. The number of hydrogen-bond acceptors (Lipinski definition) is 2. The predicted octanol–water partition coefficient (Wildman–Crippen LogP) is 4.48. The van der Waals surface area contributed by atoms with Gasteiger partial charge in [-0.05, 0) is 44.9 Å². The molecule has 0 radical (unpaired) electrons. The van der Waals surface area contributed by atoms with Crippen LogP contribution in [0.3, 0.4) is 0 Å². The normalized spacial score (nSPS) is 12.7. The van der Waals surface area contributed by atoms with E-state index in [1.807, 2.05) is 32.9 Å². The van der Waals surface area contributed by atoms with Crippen LogP contribution >= 0.6 is 12.4 Å². The maximum absolute atomic E-state index is 6.12. The lowest BCUT2D eigenvalue weighted by Gasteiger charge is -2.21. The zero-order valence-corrected chi connectivity index (χ0v) is 12.7. The van der Waals surface area contributed by atoms with E-state index in [2.05, 4.69) is 19.1 Å². The number of halogens is 1. The van der Waals surface area contributed by atoms with Gasteiger partial charge in [-0.1, -0.05) is 31.9 Å². The molecule has 0 amide bonds. The van der Waals surface area contributed by atoms with Gasteiger partial charge in [-0.15, -0.1) is 12.4 Å². The van der Waals surface area contributed by atoms with E-state index in [1.165, 1.54) is 18.4 Å². The number of benzene rings is 1. The van der Waals surface area contributed by atoms with Crippen molar-refractivity contribution in [3.63, 3.8) is 0 Å². The maximum Gasteiger partial charge on any atom is 0.120 e. The van der Waals surface area contributed by atoms with Gasteiger partial charge in [-0.3, -0.25) is 0 Å². The Kier molecular flexibility index (Phi) is 7.34. The van der Waals surface area contributed by atoms with Gasteiger partial charge in [0.15, 0.2) is 0 Å². The molecule has 1 rings (SSSR count). The molecule has 0 heterocycles. The molecular weight excluding hydrogens is 246 g/mol. The van der Waals surface area contributed by atoms with Crippen LogP contribution in [0.25, 0.3) is 0 Å². The minimum atomic E-state index is -0.147.